The Bertz CT molecular complexity index is 511. The van der Waals surface area contributed by atoms with Crippen molar-refractivity contribution in [1.82, 2.24) is 0 Å². The van der Waals surface area contributed by atoms with Crippen LogP contribution in [-0.2, 0) is 12.8 Å². The molecule has 2 aliphatic rings. The lowest BCUT2D eigenvalue weighted by Crippen LogP contribution is -2.26. The second-order valence-electron chi connectivity index (χ2n) is 10.2. The van der Waals surface area contributed by atoms with Gasteiger partial charge in [-0.3, -0.25) is 0 Å². The van der Waals surface area contributed by atoms with Crippen LogP contribution in [0.5, 0.6) is 0 Å². The number of hydrogen-bond acceptors (Lipinski definition) is 0. The van der Waals surface area contributed by atoms with Crippen LogP contribution in [-0.4, -0.2) is 0 Å². The fraction of sp³-hybridized carbons (Fsp3) is 0.786. The van der Waals surface area contributed by atoms with Gasteiger partial charge in [0.15, 0.2) is 0 Å². The Labute approximate surface area is 175 Å². The van der Waals surface area contributed by atoms with E-state index in [1.165, 1.54) is 82.6 Å². The van der Waals surface area contributed by atoms with E-state index in [1.54, 1.807) is 31.2 Å². The zero-order valence-electron chi connectivity index (χ0n) is 18.9. The minimum absolute atomic E-state index is 0.997. The van der Waals surface area contributed by atoms with Crippen LogP contribution in [0.1, 0.15) is 115 Å². The second kappa shape index (κ2) is 12.0. The van der Waals surface area contributed by atoms with E-state index in [0.29, 0.717) is 0 Å². The molecule has 158 valence electrons. The first-order valence-electron chi connectivity index (χ1n) is 12.9. The summed E-state index contributed by atoms with van der Waals surface area (Å²) >= 11 is 0. The number of hydrogen-bond donors (Lipinski definition) is 0. The van der Waals surface area contributed by atoms with Gasteiger partial charge < -0.3 is 0 Å². The molecule has 2 saturated carbocycles. The van der Waals surface area contributed by atoms with Crippen molar-refractivity contribution < 1.29 is 0 Å². The maximum Gasteiger partial charge on any atom is -0.0276 e. The van der Waals surface area contributed by atoms with E-state index >= 15 is 0 Å². The van der Waals surface area contributed by atoms with Gasteiger partial charge in [-0.25, -0.2) is 0 Å². The molecule has 1 aromatic rings. The lowest BCUT2D eigenvalue weighted by Gasteiger charge is -2.38. The molecule has 0 N–H and O–H groups in total. The van der Waals surface area contributed by atoms with Gasteiger partial charge in [-0.2, -0.15) is 0 Å². The zero-order valence-corrected chi connectivity index (χ0v) is 18.9. The zero-order chi connectivity index (χ0) is 19.6. The standard InChI is InChI=1S/C28H46/c1-3-5-7-23-9-11-25(12-10-23)13-14-26-17-21-28(22-18-26)27-19-15-24(16-20-27)8-6-4-2/h9-12,24,26-28H,3-8,13-22H2,1-2H3/t24-,26-,27-,28-. The van der Waals surface area contributed by atoms with Crippen LogP contribution in [0, 0.1) is 23.7 Å². The van der Waals surface area contributed by atoms with E-state index in [0.717, 1.165) is 23.7 Å². The molecule has 0 bridgehead atoms. The summed E-state index contributed by atoms with van der Waals surface area (Å²) in [4.78, 5) is 0. The normalized spacial score (nSPS) is 28.4. The molecule has 0 amide bonds. The summed E-state index contributed by atoms with van der Waals surface area (Å²) in [5.74, 6) is 4.22. The van der Waals surface area contributed by atoms with Gasteiger partial charge in [0.05, 0.1) is 0 Å². The summed E-state index contributed by atoms with van der Waals surface area (Å²) in [5, 5.41) is 0. The van der Waals surface area contributed by atoms with Crippen LogP contribution in [0.2, 0.25) is 0 Å². The van der Waals surface area contributed by atoms with Crippen molar-refractivity contribution in [1.29, 1.82) is 0 Å². The number of aryl methyl sites for hydroxylation is 2. The lowest BCUT2D eigenvalue weighted by atomic mass is 9.68. The highest BCUT2D eigenvalue weighted by atomic mass is 14.4. The monoisotopic (exact) mass is 382 g/mol. The maximum atomic E-state index is 2.40. The molecule has 0 heteroatoms. The molecule has 0 atom stereocenters. The molecule has 0 heterocycles. The SMILES string of the molecule is CCCCc1ccc(CC[C@H]2CC[C@H]([C@H]3CC[C@H](CCCC)CC3)CC2)cc1. The van der Waals surface area contributed by atoms with Gasteiger partial charge >= 0.3 is 0 Å². The maximum absolute atomic E-state index is 2.40. The third-order valence-corrected chi connectivity index (χ3v) is 8.10. The van der Waals surface area contributed by atoms with E-state index in [9.17, 15) is 0 Å². The third kappa shape index (κ3) is 6.93. The number of rotatable bonds is 10. The molecule has 1 aromatic carbocycles. The summed E-state index contributed by atoms with van der Waals surface area (Å²) in [6.45, 7) is 4.62. The quantitative estimate of drug-likeness (QED) is 0.379. The van der Waals surface area contributed by atoms with Crippen molar-refractivity contribution in [2.24, 2.45) is 23.7 Å². The highest BCUT2D eigenvalue weighted by molar-refractivity contribution is 5.22. The largest absolute Gasteiger partial charge is 0.0654 e. The van der Waals surface area contributed by atoms with Crippen LogP contribution < -0.4 is 0 Å². The summed E-state index contributed by atoms with van der Waals surface area (Å²) in [6, 6.07) is 9.54. The molecule has 0 aliphatic heterocycles. The van der Waals surface area contributed by atoms with E-state index in [2.05, 4.69) is 38.1 Å². The minimum Gasteiger partial charge on any atom is -0.0654 e. The van der Waals surface area contributed by atoms with Crippen molar-refractivity contribution in [2.45, 2.75) is 117 Å². The van der Waals surface area contributed by atoms with Gasteiger partial charge in [0.2, 0.25) is 0 Å². The lowest BCUT2D eigenvalue weighted by molar-refractivity contribution is 0.140. The Hall–Kier alpha value is -0.780. The van der Waals surface area contributed by atoms with Crippen molar-refractivity contribution >= 4 is 0 Å². The summed E-state index contributed by atoms with van der Waals surface area (Å²) < 4.78 is 0. The third-order valence-electron chi connectivity index (χ3n) is 8.10. The Morgan fingerprint density at radius 1 is 0.571 bits per heavy atom. The van der Waals surface area contributed by atoms with E-state index in [4.69, 9.17) is 0 Å². The Morgan fingerprint density at radius 2 is 1.04 bits per heavy atom. The van der Waals surface area contributed by atoms with Crippen LogP contribution >= 0.6 is 0 Å². The molecule has 2 fully saturated rings. The Balaban J connectivity index is 1.32. The van der Waals surface area contributed by atoms with Crippen molar-refractivity contribution in [3.8, 4) is 0 Å². The molecule has 0 unspecified atom stereocenters. The highest BCUT2D eigenvalue weighted by Crippen LogP contribution is 2.43. The van der Waals surface area contributed by atoms with Gasteiger partial charge in [0.25, 0.3) is 0 Å². The van der Waals surface area contributed by atoms with Crippen LogP contribution in [0.3, 0.4) is 0 Å². The fourth-order valence-electron chi connectivity index (χ4n) is 6.01. The highest BCUT2D eigenvalue weighted by Gasteiger charge is 2.30. The first-order chi connectivity index (χ1) is 13.8. The molecular formula is C28H46. The molecule has 0 radical (unpaired) electrons. The van der Waals surface area contributed by atoms with Gasteiger partial charge in [0.1, 0.15) is 0 Å². The molecule has 0 saturated heterocycles. The molecule has 3 rings (SSSR count). The van der Waals surface area contributed by atoms with E-state index in [-0.39, 0.29) is 0 Å². The summed E-state index contributed by atoms with van der Waals surface area (Å²) in [5.41, 5.74) is 3.09. The molecule has 0 aromatic heterocycles. The van der Waals surface area contributed by atoms with Crippen LogP contribution in [0.15, 0.2) is 24.3 Å². The Kier molecular flexibility index (Phi) is 9.42. The average molecular weight is 383 g/mol. The predicted octanol–water partition coefficient (Wildman–Crippen LogP) is 8.76. The molecule has 0 nitrogen and oxygen atoms in total. The molecular weight excluding hydrogens is 336 g/mol. The van der Waals surface area contributed by atoms with Crippen LogP contribution in [0.25, 0.3) is 0 Å². The minimum atomic E-state index is 0.997. The van der Waals surface area contributed by atoms with E-state index < -0.39 is 0 Å². The Morgan fingerprint density at radius 3 is 1.54 bits per heavy atom. The summed E-state index contributed by atoms with van der Waals surface area (Å²) in [7, 11) is 0. The molecule has 0 spiro atoms. The van der Waals surface area contributed by atoms with Crippen molar-refractivity contribution in [3.63, 3.8) is 0 Å². The number of benzene rings is 1. The second-order valence-corrected chi connectivity index (χ2v) is 10.2. The average Bonchev–Trinajstić information content (AvgIpc) is 2.76. The first-order valence-corrected chi connectivity index (χ1v) is 12.9. The fourth-order valence-corrected chi connectivity index (χ4v) is 6.01. The van der Waals surface area contributed by atoms with Crippen molar-refractivity contribution in [2.75, 3.05) is 0 Å². The van der Waals surface area contributed by atoms with Gasteiger partial charge in [0, 0.05) is 0 Å². The predicted molar refractivity (Wildman–Crippen MR) is 124 cm³/mol. The molecule has 28 heavy (non-hydrogen) atoms. The number of unbranched alkanes of at least 4 members (excludes halogenated alkanes) is 2. The molecule has 2 aliphatic carbocycles. The topological polar surface area (TPSA) is 0 Å². The first kappa shape index (κ1) is 21.9. The van der Waals surface area contributed by atoms with Gasteiger partial charge in [-0.1, -0.05) is 89.5 Å². The van der Waals surface area contributed by atoms with Gasteiger partial charge in [-0.05, 0) is 86.2 Å². The van der Waals surface area contributed by atoms with Crippen LogP contribution in [0.4, 0.5) is 0 Å². The summed E-state index contributed by atoms with van der Waals surface area (Å²) in [6.07, 6.45) is 23.2. The smallest absolute Gasteiger partial charge is 0.0276 e. The van der Waals surface area contributed by atoms with E-state index in [1.807, 2.05) is 0 Å². The van der Waals surface area contributed by atoms with Gasteiger partial charge in [-0.15, -0.1) is 0 Å². The van der Waals surface area contributed by atoms with Crippen molar-refractivity contribution in [3.05, 3.63) is 35.4 Å².